The highest BCUT2D eigenvalue weighted by Crippen LogP contribution is 2.26. The van der Waals surface area contributed by atoms with E-state index in [4.69, 9.17) is 0 Å². The minimum atomic E-state index is -0.969. The van der Waals surface area contributed by atoms with Crippen LogP contribution in [0, 0.1) is 12.8 Å². The predicted molar refractivity (Wildman–Crippen MR) is 136 cm³/mol. The molecule has 3 N–H and O–H groups in total. The Morgan fingerprint density at radius 2 is 1.94 bits per heavy atom. The van der Waals surface area contributed by atoms with Crippen molar-refractivity contribution < 1.29 is 19.5 Å². The van der Waals surface area contributed by atoms with Crippen molar-refractivity contribution in [1.82, 2.24) is 20.0 Å². The number of fused-ring (bicyclic) bond motifs is 2. The van der Waals surface area contributed by atoms with E-state index in [0.717, 1.165) is 39.7 Å². The number of aliphatic carboxylic acids is 1. The fraction of sp³-hybridized carbons (Fsp3) is 0.407. The first-order chi connectivity index (χ1) is 17.4. The SMILES string of the molecule is Cc1cc(CC(CC(=O)N2CCC(N3CCc4ccccc4NC3=O)CC2)C(=O)O)cc2cn[nH]c12. The Morgan fingerprint density at radius 3 is 2.72 bits per heavy atom. The number of aromatic nitrogens is 2. The highest BCUT2D eigenvalue weighted by molar-refractivity contribution is 5.91. The summed E-state index contributed by atoms with van der Waals surface area (Å²) in [6.07, 6.45) is 4.13. The number of nitrogens with one attached hydrogen (secondary N) is 2. The largest absolute Gasteiger partial charge is 0.481 e. The third kappa shape index (κ3) is 4.91. The van der Waals surface area contributed by atoms with Crippen molar-refractivity contribution in [3.05, 3.63) is 59.3 Å². The molecule has 2 aromatic carbocycles. The molecule has 0 spiro atoms. The van der Waals surface area contributed by atoms with Gasteiger partial charge in [0.05, 0.1) is 17.6 Å². The number of hydrogen-bond donors (Lipinski definition) is 3. The zero-order valence-corrected chi connectivity index (χ0v) is 20.4. The molecular weight excluding hydrogens is 458 g/mol. The van der Waals surface area contributed by atoms with Crippen LogP contribution in [0.25, 0.3) is 10.9 Å². The van der Waals surface area contributed by atoms with Crippen molar-refractivity contribution in [3.63, 3.8) is 0 Å². The first kappa shape index (κ1) is 23.8. The predicted octanol–water partition coefficient (Wildman–Crippen LogP) is 3.59. The Labute approximate surface area is 209 Å². The third-order valence-corrected chi connectivity index (χ3v) is 7.46. The van der Waals surface area contributed by atoms with Crippen LogP contribution in [0.4, 0.5) is 10.5 Å². The van der Waals surface area contributed by atoms with Gasteiger partial charge in [-0.15, -0.1) is 0 Å². The number of nitrogens with zero attached hydrogens (tertiary/aromatic N) is 3. The van der Waals surface area contributed by atoms with Gasteiger partial charge < -0.3 is 20.2 Å². The van der Waals surface area contributed by atoms with Crippen molar-refractivity contribution in [2.24, 2.45) is 5.92 Å². The van der Waals surface area contributed by atoms with Gasteiger partial charge in [0.1, 0.15) is 0 Å². The molecule has 9 nitrogen and oxygen atoms in total. The molecule has 188 valence electrons. The molecule has 0 radical (unpaired) electrons. The maximum atomic E-state index is 13.0. The highest BCUT2D eigenvalue weighted by Gasteiger charge is 2.32. The zero-order valence-electron chi connectivity index (χ0n) is 20.4. The number of benzene rings is 2. The number of carboxylic acids is 1. The van der Waals surface area contributed by atoms with E-state index in [0.29, 0.717) is 32.5 Å². The van der Waals surface area contributed by atoms with Crippen LogP contribution in [0.2, 0.25) is 0 Å². The van der Waals surface area contributed by atoms with Crippen LogP contribution in [0.1, 0.15) is 36.0 Å². The second-order valence-electron chi connectivity index (χ2n) is 9.83. The van der Waals surface area contributed by atoms with Crippen molar-refractivity contribution in [1.29, 1.82) is 0 Å². The molecular formula is C27H31N5O4. The fourth-order valence-corrected chi connectivity index (χ4v) is 5.47. The van der Waals surface area contributed by atoms with E-state index in [2.05, 4.69) is 15.5 Å². The Bertz CT molecular complexity index is 1290. The summed E-state index contributed by atoms with van der Waals surface area (Å²) in [5, 5.41) is 20.8. The van der Waals surface area contributed by atoms with Crippen molar-refractivity contribution in [2.75, 3.05) is 25.0 Å². The van der Waals surface area contributed by atoms with E-state index in [1.165, 1.54) is 0 Å². The van der Waals surface area contributed by atoms with E-state index in [-0.39, 0.29) is 30.8 Å². The fourth-order valence-electron chi connectivity index (χ4n) is 5.47. The number of aromatic amines is 1. The van der Waals surface area contributed by atoms with E-state index in [1.807, 2.05) is 48.2 Å². The average molecular weight is 490 g/mol. The normalized spacial score (nSPS) is 17.4. The first-order valence-corrected chi connectivity index (χ1v) is 12.5. The van der Waals surface area contributed by atoms with Gasteiger partial charge in [-0.1, -0.05) is 24.3 Å². The summed E-state index contributed by atoms with van der Waals surface area (Å²) in [4.78, 5) is 41.5. The number of carbonyl (C=O) groups excluding carboxylic acids is 2. The number of carbonyl (C=O) groups is 3. The summed E-state index contributed by atoms with van der Waals surface area (Å²) in [6, 6.07) is 11.7. The molecule has 0 bridgehead atoms. The minimum Gasteiger partial charge on any atom is -0.481 e. The summed E-state index contributed by atoms with van der Waals surface area (Å²) in [7, 11) is 0. The molecule has 36 heavy (non-hydrogen) atoms. The molecule has 3 aromatic rings. The topological polar surface area (TPSA) is 119 Å². The number of piperidine rings is 1. The molecule has 2 aliphatic rings. The number of amides is 3. The van der Waals surface area contributed by atoms with Crippen LogP contribution in [-0.4, -0.2) is 68.7 Å². The van der Waals surface area contributed by atoms with E-state index in [9.17, 15) is 19.5 Å². The lowest BCUT2D eigenvalue weighted by molar-refractivity contribution is -0.146. The number of aryl methyl sites for hydroxylation is 1. The molecule has 3 heterocycles. The number of likely N-dealkylation sites (tertiary alicyclic amines) is 1. The number of rotatable bonds is 6. The molecule has 0 saturated carbocycles. The maximum absolute atomic E-state index is 13.0. The van der Waals surface area contributed by atoms with E-state index >= 15 is 0 Å². The Kier molecular flexibility index (Phi) is 6.63. The van der Waals surface area contributed by atoms with Crippen LogP contribution < -0.4 is 5.32 Å². The monoisotopic (exact) mass is 489 g/mol. The van der Waals surface area contributed by atoms with Crippen molar-refractivity contribution in [3.8, 4) is 0 Å². The van der Waals surface area contributed by atoms with Crippen LogP contribution in [0.5, 0.6) is 0 Å². The maximum Gasteiger partial charge on any atom is 0.322 e. The number of urea groups is 1. The summed E-state index contributed by atoms with van der Waals surface area (Å²) in [5.74, 6) is -1.91. The molecule has 2 aliphatic heterocycles. The van der Waals surface area contributed by atoms with Crippen LogP contribution in [-0.2, 0) is 22.4 Å². The highest BCUT2D eigenvalue weighted by atomic mass is 16.4. The van der Waals surface area contributed by atoms with Crippen LogP contribution in [0.15, 0.2) is 42.6 Å². The van der Waals surface area contributed by atoms with Gasteiger partial charge in [-0.25, -0.2) is 4.79 Å². The van der Waals surface area contributed by atoms with Crippen LogP contribution >= 0.6 is 0 Å². The van der Waals surface area contributed by atoms with Gasteiger partial charge in [-0.05, 0) is 61.4 Å². The molecule has 1 aromatic heterocycles. The average Bonchev–Trinajstić information content (AvgIpc) is 3.27. The Balaban J connectivity index is 1.18. The number of para-hydroxylation sites is 1. The summed E-state index contributed by atoms with van der Waals surface area (Å²) in [6.45, 7) is 3.64. The lowest BCUT2D eigenvalue weighted by atomic mass is 9.93. The lowest BCUT2D eigenvalue weighted by Crippen LogP contribution is -2.50. The van der Waals surface area contributed by atoms with E-state index < -0.39 is 11.9 Å². The van der Waals surface area contributed by atoms with Gasteiger partial charge in [0.2, 0.25) is 5.91 Å². The zero-order chi connectivity index (χ0) is 25.2. The van der Waals surface area contributed by atoms with Crippen molar-refractivity contribution in [2.45, 2.75) is 45.1 Å². The van der Waals surface area contributed by atoms with Gasteiger partial charge in [0.25, 0.3) is 0 Å². The minimum absolute atomic E-state index is 0.0397. The third-order valence-electron chi connectivity index (χ3n) is 7.46. The quantitative estimate of drug-likeness (QED) is 0.489. The smallest absolute Gasteiger partial charge is 0.322 e. The molecule has 1 fully saturated rings. The molecule has 0 aliphatic carbocycles. The molecule has 5 rings (SSSR count). The number of H-pyrrole nitrogens is 1. The van der Waals surface area contributed by atoms with Crippen molar-refractivity contribution >= 4 is 34.5 Å². The van der Waals surface area contributed by atoms with Crippen LogP contribution in [0.3, 0.4) is 0 Å². The van der Waals surface area contributed by atoms with Gasteiger partial charge >= 0.3 is 12.0 Å². The standard InChI is InChI=1S/C27H31N5O4/c1-17-12-18(14-21-16-28-30-25(17)21)13-20(26(34)35)15-24(33)31-9-7-22(8-10-31)32-11-6-19-4-2-3-5-23(19)29-27(32)36/h2-5,12,14,16,20,22H,6-11,13,15H2,1H3,(H,28,30)(H,29,36)(H,34,35). The molecule has 1 saturated heterocycles. The molecule has 1 atom stereocenters. The Hall–Kier alpha value is -3.88. The molecule has 1 unspecified atom stereocenters. The van der Waals surface area contributed by atoms with Gasteiger partial charge in [-0.3, -0.25) is 14.7 Å². The first-order valence-electron chi connectivity index (χ1n) is 12.5. The summed E-state index contributed by atoms with van der Waals surface area (Å²) >= 11 is 0. The summed E-state index contributed by atoms with van der Waals surface area (Å²) < 4.78 is 0. The lowest BCUT2D eigenvalue weighted by Gasteiger charge is -2.38. The van der Waals surface area contributed by atoms with Gasteiger partial charge in [0.15, 0.2) is 0 Å². The molecule has 9 heteroatoms. The summed E-state index contributed by atoms with van der Waals surface area (Å²) in [5.41, 5.74) is 4.81. The van der Waals surface area contributed by atoms with Gasteiger partial charge in [0, 0.05) is 43.2 Å². The number of anilines is 1. The van der Waals surface area contributed by atoms with E-state index in [1.54, 1.807) is 11.1 Å². The second-order valence-corrected chi connectivity index (χ2v) is 9.83. The number of hydrogen-bond acceptors (Lipinski definition) is 4. The molecule has 3 amide bonds. The Morgan fingerprint density at radius 1 is 1.17 bits per heavy atom. The second kappa shape index (κ2) is 10.0. The van der Waals surface area contributed by atoms with Gasteiger partial charge in [-0.2, -0.15) is 5.10 Å². The number of carboxylic acid groups (broad SMARTS) is 1.